The minimum Gasteiger partial charge on any atom is -0.497 e. The first-order valence-electron chi connectivity index (χ1n) is 11.3. The molecule has 0 saturated heterocycles. The molecular weight excluding hydrogens is 471 g/mol. The quantitative estimate of drug-likeness (QED) is 0.352. The van der Waals surface area contributed by atoms with Crippen LogP contribution in [0.2, 0.25) is 0 Å². The molecule has 3 aromatic rings. The fourth-order valence-electron chi connectivity index (χ4n) is 3.60. The van der Waals surface area contributed by atoms with Gasteiger partial charge in [0.25, 0.3) is 5.91 Å². The van der Waals surface area contributed by atoms with Gasteiger partial charge in [-0.25, -0.2) is 0 Å². The standard InChI is InChI=1S/C27H28F3N3O3/c1-18-5-3-7-20(15-18)25(34)33-17-24(19-6-4-8-21(16-19)27(28,29)30)26(35)32-14-13-31-22-9-11-23(36-2)12-10-22/h3-12,15-16,24,31H,13-14,17H2,1-2H3,(H,32,35)(H,33,34). The zero-order valence-corrected chi connectivity index (χ0v) is 20.0. The zero-order chi connectivity index (χ0) is 26.1. The number of methoxy groups -OCH3 is 1. The van der Waals surface area contributed by atoms with E-state index in [1.165, 1.54) is 12.1 Å². The lowest BCUT2D eigenvalue weighted by molar-refractivity contribution is -0.137. The molecule has 2 amide bonds. The molecule has 3 N–H and O–H groups in total. The average Bonchev–Trinajstić information content (AvgIpc) is 2.86. The van der Waals surface area contributed by atoms with Crippen molar-refractivity contribution >= 4 is 17.5 Å². The van der Waals surface area contributed by atoms with Gasteiger partial charge in [0.05, 0.1) is 18.6 Å². The van der Waals surface area contributed by atoms with Gasteiger partial charge >= 0.3 is 6.18 Å². The van der Waals surface area contributed by atoms with E-state index in [9.17, 15) is 22.8 Å². The molecule has 0 saturated carbocycles. The summed E-state index contributed by atoms with van der Waals surface area (Å²) in [5, 5.41) is 8.58. The van der Waals surface area contributed by atoms with Crippen LogP contribution in [0.15, 0.2) is 72.8 Å². The number of rotatable bonds is 10. The van der Waals surface area contributed by atoms with E-state index in [0.717, 1.165) is 23.4 Å². The van der Waals surface area contributed by atoms with E-state index in [1.807, 2.05) is 25.1 Å². The van der Waals surface area contributed by atoms with Crippen molar-refractivity contribution in [2.45, 2.75) is 19.0 Å². The molecule has 0 heterocycles. The third kappa shape index (κ3) is 7.49. The highest BCUT2D eigenvalue weighted by Crippen LogP contribution is 2.31. The molecule has 0 aliphatic heterocycles. The smallest absolute Gasteiger partial charge is 0.416 e. The maximum atomic E-state index is 13.3. The second kappa shape index (κ2) is 12.1. The highest BCUT2D eigenvalue weighted by Gasteiger charge is 2.32. The number of nitrogens with one attached hydrogen (secondary N) is 3. The number of alkyl halides is 3. The van der Waals surface area contributed by atoms with E-state index in [4.69, 9.17) is 4.74 Å². The number of amides is 2. The molecule has 1 atom stereocenters. The Morgan fingerprint density at radius 3 is 2.31 bits per heavy atom. The summed E-state index contributed by atoms with van der Waals surface area (Å²) in [5.74, 6) is -1.20. The Balaban J connectivity index is 1.68. The molecule has 36 heavy (non-hydrogen) atoms. The fourth-order valence-corrected chi connectivity index (χ4v) is 3.60. The van der Waals surface area contributed by atoms with Crippen molar-refractivity contribution in [3.8, 4) is 5.75 Å². The van der Waals surface area contributed by atoms with Gasteiger partial charge in [-0.1, -0.05) is 35.9 Å². The maximum absolute atomic E-state index is 13.3. The molecule has 1 unspecified atom stereocenters. The van der Waals surface area contributed by atoms with Crippen LogP contribution >= 0.6 is 0 Å². The second-order valence-corrected chi connectivity index (χ2v) is 8.20. The molecule has 0 spiro atoms. The van der Waals surface area contributed by atoms with Gasteiger partial charge in [0.15, 0.2) is 0 Å². The van der Waals surface area contributed by atoms with Crippen molar-refractivity contribution in [2.75, 3.05) is 32.1 Å². The van der Waals surface area contributed by atoms with Gasteiger partial charge in [0, 0.05) is 30.9 Å². The van der Waals surface area contributed by atoms with Crippen molar-refractivity contribution < 1.29 is 27.5 Å². The van der Waals surface area contributed by atoms with Crippen LogP contribution in [0, 0.1) is 6.92 Å². The molecule has 0 fully saturated rings. The number of carbonyl (C=O) groups is 2. The van der Waals surface area contributed by atoms with E-state index in [-0.39, 0.29) is 18.7 Å². The highest BCUT2D eigenvalue weighted by atomic mass is 19.4. The van der Waals surface area contributed by atoms with Crippen LogP contribution in [-0.4, -0.2) is 38.6 Å². The lowest BCUT2D eigenvalue weighted by Crippen LogP contribution is -2.39. The molecule has 0 aliphatic carbocycles. The lowest BCUT2D eigenvalue weighted by atomic mass is 9.95. The molecule has 3 aromatic carbocycles. The van der Waals surface area contributed by atoms with Crippen LogP contribution in [0.1, 0.15) is 33.0 Å². The number of halogens is 3. The number of hydrogen-bond donors (Lipinski definition) is 3. The molecule has 6 nitrogen and oxygen atoms in total. The summed E-state index contributed by atoms with van der Waals surface area (Å²) in [7, 11) is 1.57. The van der Waals surface area contributed by atoms with Crippen LogP contribution in [-0.2, 0) is 11.0 Å². The van der Waals surface area contributed by atoms with Crippen LogP contribution in [0.3, 0.4) is 0 Å². The normalized spacial score (nSPS) is 11.9. The SMILES string of the molecule is COc1ccc(NCCNC(=O)C(CNC(=O)c2cccc(C)c2)c2cccc(C(F)(F)F)c2)cc1. The van der Waals surface area contributed by atoms with Crippen molar-refractivity contribution in [1.82, 2.24) is 10.6 Å². The predicted molar refractivity (Wildman–Crippen MR) is 132 cm³/mol. The van der Waals surface area contributed by atoms with Crippen LogP contribution in [0.4, 0.5) is 18.9 Å². The minimum absolute atomic E-state index is 0.161. The molecule has 9 heteroatoms. The van der Waals surface area contributed by atoms with E-state index in [2.05, 4.69) is 16.0 Å². The Hall–Kier alpha value is -4.01. The molecule has 0 radical (unpaired) electrons. The maximum Gasteiger partial charge on any atom is 0.416 e. The predicted octanol–water partition coefficient (Wildman–Crippen LogP) is 4.76. The minimum atomic E-state index is -4.55. The Bertz CT molecular complexity index is 1180. The summed E-state index contributed by atoms with van der Waals surface area (Å²) in [6, 6.07) is 18.7. The first-order valence-corrected chi connectivity index (χ1v) is 11.3. The molecule has 0 aliphatic rings. The van der Waals surface area contributed by atoms with Crippen molar-refractivity contribution in [3.63, 3.8) is 0 Å². The Kier molecular flexibility index (Phi) is 8.94. The van der Waals surface area contributed by atoms with Gasteiger partial charge in [-0.05, 0) is 55.0 Å². The number of aryl methyl sites for hydroxylation is 1. The number of benzene rings is 3. The summed E-state index contributed by atoms with van der Waals surface area (Å²) < 4.78 is 44.9. The number of hydrogen-bond acceptors (Lipinski definition) is 4. The summed E-state index contributed by atoms with van der Waals surface area (Å²) >= 11 is 0. The van der Waals surface area contributed by atoms with Crippen molar-refractivity contribution in [2.24, 2.45) is 0 Å². The first-order chi connectivity index (χ1) is 17.2. The van der Waals surface area contributed by atoms with Crippen molar-refractivity contribution in [1.29, 1.82) is 0 Å². The van der Waals surface area contributed by atoms with Crippen LogP contribution in [0.25, 0.3) is 0 Å². The van der Waals surface area contributed by atoms with E-state index < -0.39 is 29.5 Å². The largest absolute Gasteiger partial charge is 0.497 e. The van der Waals surface area contributed by atoms with Gasteiger partial charge in [-0.2, -0.15) is 13.2 Å². The topological polar surface area (TPSA) is 79.5 Å². The van der Waals surface area contributed by atoms with Gasteiger partial charge in [0.2, 0.25) is 5.91 Å². The third-order valence-electron chi connectivity index (χ3n) is 5.52. The highest BCUT2D eigenvalue weighted by molar-refractivity contribution is 5.95. The second-order valence-electron chi connectivity index (χ2n) is 8.20. The van der Waals surface area contributed by atoms with E-state index in [1.54, 1.807) is 37.4 Å². The Labute approximate surface area is 207 Å². The van der Waals surface area contributed by atoms with Gasteiger partial charge in [-0.3, -0.25) is 9.59 Å². The van der Waals surface area contributed by atoms with Gasteiger partial charge < -0.3 is 20.7 Å². The summed E-state index contributed by atoms with van der Waals surface area (Å²) in [4.78, 5) is 25.6. The zero-order valence-electron chi connectivity index (χ0n) is 20.0. The van der Waals surface area contributed by atoms with Gasteiger partial charge in [-0.15, -0.1) is 0 Å². The number of carbonyl (C=O) groups excluding carboxylic acids is 2. The Morgan fingerprint density at radius 2 is 1.64 bits per heavy atom. The molecule has 3 rings (SSSR count). The molecule has 0 aromatic heterocycles. The monoisotopic (exact) mass is 499 g/mol. The fraction of sp³-hybridized carbons (Fsp3) is 0.259. The summed E-state index contributed by atoms with van der Waals surface area (Å²) in [5.41, 5.74) is 1.42. The van der Waals surface area contributed by atoms with Crippen LogP contribution < -0.4 is 20.7 Å². The Morgan fingerprint density at radius 1 is 0.917 bits per heavy atom. The average molecular weight is 500 g/mol. The number of anilines is 1. The van der Waals surface area contributed by atoms with E-state index >= 15 is 0 Å². The molecule has 190 valence electrons. The van der Waals surface area contributed by atoms with Crippen molar-refractivity contribution in [3.05, 3.63) is 95.1 Å². The third-order valence-corrected chi connectivity index (χ3v) is 5.52. The lowest BCUT2D eigenvalue weighted by Gasteiger charge is -2.20. The number of ether oxygens (including phenoxy) is 1. The molecular formula is C27H28F3N3O3. The summed E-state index contributed by atoms with van der Waals surface area (Å²) in [6.07, 6.45) is -4.55. The molecule has 0 bridgehead atoms. The van der Waals surface area contributed by atoms with Crippen LogP contribution in [0.5, 0.6) is 5.75 Å². The first kappa shape index (κ1) is 26.6. The van der Waals surface area contributed by atoms with Gasteiger partial charge in [0.1, 0.15) is 5.75 Å². The van der Waals surface area contributed by atoms with E-state index in [0.29, 0.717) is 17.9 Å². The summed E-state index contributed by atoms with van der Waals surface area (Å²) in [6.45, 7) is 2.30.